The molecule has 13 heavy (non-hydrogen) atoms. The molecule has 0 amide bonds. The van der Waals surface area contributed by atoms with Gasteiger partial charge in [0.15, 0.2) is 0 Å². The lowest BCUT2D eigenvalue weighted by atomic mass is 9.88. The topological polar surface area (TPSA) is 4.41 Å². The lowest BCUT2D eigenvalue weighted by molar-refractivity contribution is 0.586. The van der Waals surface area contributed by atoms with E-state index in [9.17, 15) is 0 Å². The van der Waals surface area contributed by atoms with E-state index in [2.05, 4.69) is 61.8 Å². The van der Waals surface area contributed by atoms with E-state index in [4.69, 9.17) is 0 Å². The number of nitrogens with zero attached hydrogens (tertiary/aromatic N) is 1. The van der Waals surface area contributed by atoms with Crippen LogP contribution in [0.1, 0.15) is 26.3 Å². The molecule has 0 aliphatic rings. The Labute approximate surface area is 79.0 Å². The molecule has 0 saturated heterocycles. The van der Waals surface area contributed by atoms with Gasteiger partial charge in [-0.3, -0.25) is 0 Å². The zero-order valence-corrected chi connectivity index (χ0v) is 8.41. The summed E-state index contributed by atoms with van der Waals surface area (Å²) in [5, 5.41) is 0. The second kappa shape index (κ2) is 2.63. The Morgan fingerprint density at radius 3 is 2.54 bits per heavy atom. The predicted octanol–water partition coefficient (Wildman–Crippen LogP) is 3.24. The van der Waals surface area contributed by atoms with E-state index in [1.54, 1.807) is 0 Å². The molecule has 0 unspecified atom stereocenters. The molecule has 2 aromatic heterocycles. The fourth-order valence-electron chi connectivity index (χ4n) is 1.48. The lowest BCUT2D eigenvalue weighted by Crippen LogP contribution is -2.11. The van der Waals surface area contributed by atoms with Gasteiger partial charge in [0.05, 0.1) is 0 Å². The Balaban J connectivity index is 2.61. The van der Waals surface area contributed by atoms with E-state index >= 15 is 0 Å². The Morgan fingerprint density at radius 2 is 1.85 bits per heavy atom. The van der Waals surface area contributed by atoms with Crippen molar-refractivity contribution in [3.63, 3.8) is 0 Å². The number of hydrogen-bond donors (Lipinski definition) is 0. The van der Waals surface area contributed by atoms with E-state index in [1.165, 1.54) is 11.1 Å². The second-order valence-corrected chi connectivity index (χ2v) is 4.51. The summed E-state index contributed by atoms with van der Waals surface area (Å²) < 4.78 is 2.17. The third-order valence-electron chi connectivity index (χ3n) is 2.39. The smallest absolute Gasteiger partial charge is 0.0450 e. The van der Waals surface area contributed by atoms with Crippen molar-refractivity contribution >= 4 is 5.52 Å². The molecule has 0 fully saturated rings. The molecular weight excluding hydrogens is 158 g/mol. The van der Waals surface area contributed by atoms with Crippen molar-refractivity contribution in [2.75, 3.05) is 0 Å². The fourth-order valence-corrected chi connectivity index (χ4v) is 1.48. The van der Waals surface area contributed by atoms with Gasteiger partial charge in [0.25, 0.3) is 0 Å². The van der Waals surface area contributed by atoms with Crippen LogP contribution in [0.2, 0.25) is 0 Å². The number of fused-ring (bicyclic) bond motifs is 1. The van der Waals surface area contributed by atoms with E-state index in [0.29, 0.717) is 0 Å². The third-order valence-corrected chi connectivity index (χ3v) is 2.39. The Kier molecular flexibility index (Phi) is 1.69. The van der Waals surface area contributed by atoms with Crippen molar-refractivity contribution in [2.45, 2.75) is 26.2 Å². The minimum atomic E-state index is 0.235. The van der Waals surface area contributed by atoms with Crippen LogP contribution in [-0.2, 0) is 5.41 Å². The van der Waals surface area contributed by atoms with Gasteiger partial charge < -0.3 is 4.40 Å². The largest absolute Gasteiger partial charge is 0.324 e. The summed E-state index contributed by atoms with van der Waals surface area (Å²) in [5.74, 6) is 0. The molecule has 0 aliphatic heterocycles. The molecule has 0 atom stereocenters. The third kappa shape index (κ3) is 1.46. The summed E-state index contributed by atoms with van der Waals surface area (Å²) in [7, 11) is 0. The highest BCUT2D eigenvalue weighted by Crippen LogP contribution is 2.22. The summed E-state index contributed by atoms with van der Waals surface area (Å²) in [6.45, 7) is 6.70. The van der Waals surface area contributed by atoms with Crippen LogP contribution < -0.4 is 0 Å². The summed E-state index contributed by atoms with van der Waals surface area (Å²) in [4.78, 5) is 0. The number of pyridine rings is 1. The number of hydrogen-bond acceptors (Lipinski definition) is 0. The van der Waals surface area contributed by atoms with Crippen LogP contribution in [0.5, 0.6) is 0 Å². The van der Waals surface area contributed by atoms with Crippen molar-refractivity contribution < 1.29 is 0 Å². The van der Waals surface area contributed by atoms with Crippen LogP contribution in [0.4, 0.5) is 0 Å². The number of aromatic nitrogens is 1. The van der Waals surface area contributed by atoms with Gasteiger partial charge in [-0.1, -0.05) is 26.8 Å². The minimum Gasteiger partial charge on any atom is -0.324 e. The highest BCUT2D eigenvalue weighted by atomic mass is 14.8. The summed E-state index contributed by atoms with van der Waals surface area (Å²) in [5.41, 5.74) is 2.86. The first-order chi connectivity index (χ1) is 6.07. The Hall–Kier alpha value is -1.24. The summed E-state index contributed by atoms with van der Waals surface area (Å²) in [6, 6.07) is 8.56. The molecule has 2 aromatic rings. The van der Waals surface area contributed by atoms with E-state index in [1.807, 2.05) is 0 Å². The van der Waals surface area contributed by atoms with Gasteiger partial charge in [0, 0.05) is 17.9 Å². The molecule has 2 rings (SSSR count). The highest BCUT2D eigenvalue weighted by molar-refractivity contribution is 5.48. The van der Waals surface area contributed by atoms with Crippen molar-refractivity contribution in [3.8, 4) is 0 Å². The zero-order chi connectivity index (χ0) is 9.47. The number of rotatable bonds is 0. The van der Waals surface area contributed by atoms with Gasteiger partial charge in [-0.05, 0) is 29.2 Å². The van der Waals surface area contributed by atoms with Crippen molar-refractivity contribution in [1.29, 1.82) is 0 Å². The Bertz CT molecular complexity index is 418. The molecule has 0 spiro atoms. The van der Waals surface area contributed by atoms with Gasteiger partial charge in [-0.2, -0.15) is 0 Å². The lowest BCUT2D eigenvalue weighted by Gasteiger charge is -2.18. The van der Waals surface area contributed by atoms with Gasteiger partial charge in [0.2, 0.25) is 0 Å². The van der Waals surface area contributed by atoms with Crippen LogP contribution in [0.25, 0.3) is 5.52 Å². The summed E-state index contributed by atoms with van der Waals surface area (Å²) in [6.07, 6.45) is 4.29. The van der Waals surface area contributed by atoms with Crippen LogP contribution in [-0.4, -0.2) is 4.40 Å². The van der Waals surface area contributed by atoms with E-state index < -0.39 is 0 Å². The van der Waals surface area contributed by atoms with Gasteiger partial charge in [0.1, 0.15) is 0 Å². The molecule has 0 N–H and O–H groups in total. The quantitative estimate of drug-likeness (QED) is 0.576. The SMILES string of the molecule is CC(C)(C)c1ccc2cccn2c1. The van der Waals surface area contributed by atoms with Crippen molar-refractivity contribution in [3.05, 3.63) is 42.2 Å². The highest BCUT2D eigenvalue weighted by Gasteiger charge is 2.13. The summed E-state index contributed by atoms with van der Waals surface area (Å²) >= 11 is 0. The molecule has 1 heteroatoms. The standard InChI is InChI=1S/C12H15N/c1-12(2,3)10-6-7-11-5-4-8-13(11)9-10/h4-9H,1-3H3. The van der Waals surface area contributed by atoms with E-state index in [-0.39, 0.29) is 5.41 Å². The normalized spacial score (nSPS) is 12.2. The average molecular weight is 173 g/mol. The molecule has 68 valence electrons. The van der Waals surface area contributed by atoms with Gasteiger partial charge in [-0.15, -0.1) is 0 Å². The molecule has 0 bridgehead atoms. The first-order valence-corrected chi connectivity index (χ1v) is 4.64. The molecule has 0 aromatic carbocycles. The molecule has 0 aliphatic carbocycles. The van der Waals surface area contributed by atoms with Crippen LogP contribution in [0.15, 0.2) is 36.7 Å². The molecule has 2 heterocycles. The van der Waals surface area contributed by atoms with E-state index in [0.717, 1.165) is 0 Å². The molecular formula is C12H15N. The minimum absolute atomic E-state index is 0.235. The average Bonchev–Trinajstić information content (AvgIpc) is 2.47. The zero-order valence-electron chi connectivity index (χ0n) is 8.41. The van der Waals surface area contributed by atoms with Crippen LogP contribution in [0.3, 0.4) is 0 Å². The maximum atomic E-state index is 2.23. The van der Waals surface area contributed by atoms with Crippen molar-refractivity contribution in [2.24, 2.45) is 0 Å². The van der Waals surface area contributed by atoms with Crippen LogP contribution in [0, 0.1) is 0 Å². The van der Waals surface area contributed by atoms with Crippen molar-refractivity contribution in [1.82, 2.24) is 4.40 Å². The van der Waals surface area contributed by atoms with Crippen LogP contribution >= 0.6 is 0 Å². The second-order valence-electron chi connectivity index (χ2n) is 4.51. The predicted molar refractivity (Wildman–Crippen MR) is 56.1 cm³/mol. The molecule has 1 nitrogen and oxygen atoms in total. The fraction of sp³-hybridized carbons (Fsp3) is 0.333. The monoisotopic (exact) mass is 173 g/mol. The van der Waals surface area contributed by atoms with Gasteiger partial charge >= 0.3 is 0 Å². The molecule has 0 radical (unpaired) electrons. The molecule has 0 saturated carbocycles. The maximum absolute atomic E-state index is 2.23. The first kappa shape index (κ1) is 8.36. The Morgan fingerprint density at radius 1 is 1.08 bits per heavy atom. The van der Waals surface area contributed by atoms with Gasteiger partial charge in [-0.25, -0.2) is 0 Å². The maximum Gasteiger partial charge on any atom is 0.0450 e. The first-order valence-electron chi connectivity index (χ1n) is 4.64.